The summed E-state index contributed by atoms with van der Waals surface area (Å²) in [5.41, 5.74) is 37.0. The minimum atomic E-state index is -0.478. The molecule has 0 aliphatic heterocycles. The Balaban J connectivity index is 0.660. The highest BCUT2D eigenvalue weighted by Crippen LogP contribution is 2.65. The molecule has 3 nitrogen and oxygen atoms in total. The molecule has 0 bridgehead atoms. The second-order valence-electron chi connectivity index (χ2n) is 27.3. The molecule has 1 aromatic heterocycles. The number of nitrogens with zero attached hydrogens (tertiary/aromatic N) is 2. The monoisotopic (exact) mass is 1280 g/mol. The van der Waals surface area contributed by atoms with E-state index in [9.17, 15) is 0 Å². The molecule has 0 atom stereocenters. The predicted octanol–water partition coefficient (Wildman–Crippen LogP) is 25.9. The molecule has 0 saturated carbocycles. The van der Waals surface area contributed by atoms with Crippen LogP contribution >= 0.6 is 0 Å². The minimum absolute atomic E-state index is 0.478. The molecule has 0 fully saturated rings. The van der Waals surface area contributed by atoms with Crippen LogP contribution in [0.25, 0.3) is 111 Å². The molecular weight excluding hydrogens is 1220 g/mol. The summed E-state index contributed by atoms with van der Waals surface area (Å²) in [7, 11) is 0. The number of para-hydroxylation sites is 2. The summed E-state index contributed by atoms with van der Waals surface area (Å²) in [5, 5.41) is 2.16. The molecule has 0 radical (unpaired) electrons. The van der Waals surface area contributed by atoms with E-state index in [0.29, 0.717) is 0 Å². The van der Waals surface area contributed by atoms with Crippen molar-refractivity contribution in [2.75, 3.05) is 9.80 Å². The Labute approximate surface area is 587 Å². The molecule has 0 amide bonds. The van der Waals surface area contributed by atoms with Gasteiger partial charge in [-0.15, -0.1) is 0 Å². The van der Waals surface area contributed by atoms with Gasteiger partial charge in [-0.3, -0.25) is 0 Å². The highest BCUT2D eigenvalue weighted by molar-refractivity contribution is 6.13. The maximum Gasteiger partial charge on any atom is 0.143 e. The Bertz CT molecular complexity index is 5680. The lowest BCUT2D eigenvalue weighted by Gasteiger charge is -2.32. The van der Waals surface area contributed by atoms with Crippen LogP contribution < -0.4 is 9.80 Å². The van der Waals surface area contributed by atoms with Crippen LogP contribution in [-0.2, 0) is 10.8 Å². The lowest BCUT2D eigenvalue weighted by atomic mass is 9.70. The second-order valence-corrected chi connectivity index (χ2v) is 27.3. The van der Waals surface area contributed by atoms with Gasteiger partial charge in [-0.25, -0.2) is 0 Å². The fraction of sp³-hybridized carbons (Fsp3) is 0.0204. The Morgan fingerprint density at radius 3 is 0.713 bits per heavy atom. The van der Waals surface area contributed by atoms with Gasteiger partial charge in [-0.1, -0.05) is 303 Å². The molecular formula is C98H62N2O. The maximum absolute atomic E-state index is 7.26. The smallest absolute Gasteiger partial charge is 0.143 e. The highest BCUT2D eigenvalue weighted by atomic mass is 16.3. The van der Waals surface area contributed by atoms with Gasteiger partial charge in [-0.05, 0) is 195 Å². The first kappa shape index (κ1) is 57.0. The molecule has 1 heterocycles. The van der Waals surface area contributed by atoms with Gasteiger partial charge in [-0.2, -0.15) is 0 Å². The molecule has 17 aromatic rings. The van der Waals surface area contributed by atoms with Gasteiger partial charge in [0.2, 0.25) is 0 Å². The lowest BCUT2D eigenvalue weighted by molar-refractivity contribution is 0.671. The quantitative estimate of drug-likeness (QED) is 0.136. The fourth-order valence-corrected chi connectivity index (χ4v) is 18.1. The van der Waals surface area contributed by atoms with E-state index in [1.54, 1.807) is 0 Å². The predicted molar refractivity (Wildman–Crippen MR) is 417 cm³/mol. The zero-order valence-electron chi connectivity index (χ0n) is 55.1. The zero-order chi connectivity index (χ0) is 66.3. The van der Waals surface area contributed by atoms with E-state index >= 15 is 0 Å². The first-order valence-corrected chi connectivity index (χ1v) is 35.0. The molecule has 0 unspecified atom stereocenters. The summed E-state index contributed by atoms with van der Waals surface area (Å²) >= 11 is 0. The van der Waals surface area contributed by atoms with Crippen LogP contribution in [0.4, 0.5) is 34.1 Å². The maximum atomic E-state index is 7.26. The molecule has 2 spiro atoms. The van der Waals surface area contributed by atoms with Gasteiger partial charge in [0.15, 0.2) is 0 Å². The Morgan fingerprint density at radius 2 is 0.406 bits per heavy atom. The molecule has 16 aromatic carbocycles. The van der Waals surface area contributed by atoms with E-state index in [1.807, 2.05) is 0 Å². The van der Waals surface area contributed by atoms with Crippen LogP contribution in [0.3, 0.4) is 0 Å². The Kier molecular flexibility index (Phi) is 12.5. The lowest BCUT2D eigenvalue weighted by Crippen LogP contribution is -2.26. The van der Waals surface area contributed by atoms with E-state index in [-0.39, 0.29) is 0 Å². The summed E-state index contributed by atoms with van der Waals surface area (Å²) in [4.78, 5) is 4.86. The number of benzene rings is 16. The Morgan fingerprint density at radius 1 is 0.168 bits per heavy atom. The number of hydrogen-bond acceptors (Lipinski definition) is 3. The number of fused-ring (bicyclic) bond motifs is 23. The number of anilines is 6. The molecule has 0 saturated heterocycles. The van der Waals surface area contributed by atoms with Crippen molar-refractivity contribution in [3.63, 3.8) is 0 Å². The van der Waals surface area contributed by atoms with Gasteiger partial charge < -0.3 is 14.2 Å². The van der Waals surface area contributed by atoms with Gasteiger partial charge in [0.25, 0.3) is 0 Å². The van der Waals surface area contributed by atoms with Crippen molar-refractivity contribution in [2.45, 2.75) is 10.8 Å². The highest BCUT2D eigenvalue weighted by Gasteiger charge is 2.53. The average molecular weight is 1280 g/mol. The van der Waals surface area contributed by atoms with Crippen molar-refractivity contribution in [1.82, 2.24) is 0 Å². The number of furan rings is 1. The molecule has 3 heteroatoms. The van der Waals surface area contributed by atoms with Crippen LogP contribution in [0.1, 0.15) is 44.5 Å². The van der Waals surface area contributed by atoms with Crippen LogP contribution in [0.5, 0.6) is 0 Å². The molecule has 470 valence electrons. The molecule has 21 rings (SSSR count). The third kappa shape index (κ3) is 8.29. The van der Waals surface area contributed by atoms with Crippen LogP contribution in [-0.4, -0.2) is 0 Å². The molecule has 4 aliphatic rings. The van der Waals surface area contributed by atoms with Crippen LogP contribution in [0, 0.1) is 0 Å². The average Bonchev–Trinajstić information content (AvgIpc) is 1.52. The van der Waals surface area contributed by atoms with Crippen LogP contribution in [0.2, 0.25) is 0 Å². The zero-order valence-corrected chi connectivity index (χ0v) is 55.1. The first-order valence-electron chi connectivity index (χ1n) is 35.0. The summed E-state index contributed by atoms with van der Waals surface area (Å²) in [6.45, 7) is 0. The fourth-order valence-electron chi connectivity index (χ4n) is 18.1. The number of rotatable bonds is 10. The van der Waals surface area contributed by atoms with Crippen molar-refractivity contribution < 1.29 is 4.42 Å². The van der Waals surface area contributed by atoms with Gasteiger partial charge in [0, 0.05) is 56.0 Å². The van der Waals surface area contributed by atoms with E-state index in [2.05, 4.69) is 386 Å². The van der Waals surface area contributed by atoms with Crippen LogP contribution in [0.15, 0.2) is 381 Å². The van der Waals surface area contributed by atoms with Crippen molar-refractivity contribution in [2.24, 2.45) is 0 Å². The minimum Gasteiger partial charge on any atom is -0.455 e. The van der Waals surface area contributed by atoms with Crippen molar-refractivity contribution in [3.05, 3.63) is 421 Å². The molecule has 0 N–H and O–H groups in total. The molecule has 4 aliphatic carbocycles. The van der Waals surface area contributed by atoms with E-state index in [0.717, 1.165) is 78.3 Å². The summed E-state index contributed by atoms with van der Waals surface area (Å²) in [6, 6.07) is 139. The largest absolute Gasteiger partial charge is 0.455 e. The van der Waals surface area contributed by atoms with Crippen molar-refractivity contribution in [1.29, 1.82) is 0 Å². The SMILES string of the molecule is c1ccc(-c2ccc(N(c3ccc(-c4cccc5c4oc4c(-c6ccc(N(c7ccc(-c8ccccc8)cc7)c7ccc8c(c7)C7(c9ccccc9-c9ccccc97)c7ccccc7-8)cc6)cccc45)cc3)c3ccc4c(c3)C3(c5ccccc5-c5ccccc53)c3ccccc3-4)cc2)cc1. The van der Waals surface area contributed by atoms with Gasteiger partial charge in [0.05, 0.1) is 10.8 Å². The summed E-state index contributed by atoms with van der Waals surface area (Å²) in [6.07, 6.45) is 0. The standard InChI is InChI=1S/C98H62N2O/c1-3-21-63(22-4-1)65-41-49-69(50-42-65)99(73-57-59-83-81-29-11-17-39-91(81)97(93(83)61-73)87-35-13-7-25-77(87)78-26-8-14-36-88(78)97)71-53-45-67(46-54-71)75-31-19-33-85-86-34-20-32-76(96(86)101-95(75)85)68-47-55-72(56-48-68)100(70-51-43-66(44-52-70)64-23-5-2-6-24-64)74-58-60-84-82-30-12-18-40-92(82)98(94(84)62-74)89-37-15-9-27-79(89)80-28-10-16-38-90(80)98/h1-62H. The summed E-state index contributed by atoms with van der Waals surface area (Å²) in [5.74, 6) is 0. The third-order valence-corrected chi connectivity index (χ3v) is 22.3. The van der Waals surface area contributed by atoms with Gasteiger partial charge in [0.1, 0.15) is 11.2 Å². The van der Waals surface area contributed by atoms with E-state index in [4.69, 9.17) is 4.42 Å². The first-order chi connectivity index (χ1) is 50.1. The van der Waals surface area contributed by atoms with E-state index < -0.39 is 10.8 Å². The topological polar surface area (TPSA) is 19.6 Å². The van der Waals surface area contributed by atoms with E-state index in [1.165, 1.54) is 111 Å². The van der Waals surface area contributed by atoms with Crippen molar-refractivity contribution in [3.8, 4) is 89.0 Å². The summed E-state index contributed by atoms with van der Waals surface area (Å²) < 4.78 is 7.26. The molecule has 101 heavy (non-hydrogen) atoms. The van der Waals surface area contributed by atoms with Gasteiger partial charge >= 0.3 is 0 Å². The second kappa shape index (κ2) is 22.2. The number of hydrogen-bond donors (Lipinski definition) is 0. The Hall–Kier alpha value is -13.1. The normalized spacial score (nSPS) is 13.3. The van der Waals surface area contributed by atoms with Crippen molar-refractivity contribution >= 4 is 56.1 Å². The third-order valence-electron chi connectivity index (χ3n) is 22.3.